The molecule has 2 rings (SSSR count). The van der Waals surface area contributed by atoms with E-state index in [-0.39, 0.29) is 17.1 Å². The molecule has 0 bridgehead atoms. The summed E-state index contributed by atoms with van der Waals surface area (Å²) in [4.78, 5) is 6.47. The number of nitrogens with zero attached hydrogens (tertiary/aromatic N) is 1. The van der Waals surface area contributed by atoms with Gasteiger partial charge in [0.1, 0.15) is 11.6 Å². The number of benzene rings is 1. The maximum absolute atomic E-state index is 13.5. The Kier molecular flexibility index (Phi) is 3.21. The van der Waals surface area contributed by atoms with Crippen LogP contribution in [-0.4, -0.2) is 15.1 Å². The van der Waals surface area contributed by atoms with Gasteiger partial charge in [0.25, 0.3) is 0 Å². The van der Waals surface area contributed by atoms with Gasteiger partial charge in [-0.25, -0.2) is 13.8 Å². The highest BCUT2D eigenvalue weighted by Gasteiger charge is 2.13. The Morgan fingerprint density at radius 2 is 2.00 bits per heavy atom. The van der Waals surface area contributed by atoms with Gasteiger partial charge < -0.3 is 10.1 Å². The maximum Gasteiger partial charge on any atom is 0.170 e. The number of aromatic amines is 1. The lowest BCUT2D eigenvalue weighted by molar-refractivity contribution is 0.280. The number of aliphatic hydroxyl groups excluding tert-OH is 1. The molecular weight excluding hydrogens is 234 g/mol. The molecule has 1 heterocycles. The summed E-state index contributed by atoms with van der Waals surface area (Å²) >= 11 is 0.868. The van der Waals surface area contributed by atoms with Crippen LogP contribution in [0.1, 0.15) is 5.56 Å². The molecule has 2 aromatic rings. The molecule has 0 saturated carbocycles. The predicted octanol–water partition coefficient (Wildman–Crippen LogP) is 2.33. The number of aromatic nitrogens is 2. The molecule has 16 heavy (non-hydrogen) atoms. The van der Waals surface area contributed by atoms with Gasteiger partial charge in [-0.2, -0.15) is 0 Å². The minimum absolute atomic E-state index is 0.132. The Labute approximate surface area is 94.5 Å². The van der Waals surface area contributed by atoms with Gasteiger partial charge in [0, 0.05) is 12.4 Å². The Morgan fingerprint density at radius 3 is 2.50 bits per heavy atom. The summed E-state index contributed by atoms with van der Waals surface area (Å²) < 4.78 is 27.0. The van der Waals surface area contributed by atoms with Crippen molar-refractivity contribution in [2.24, 2.45) is 0 Å². The van der Waals surface area contributed by atoms with E-state index in [9.17, 15) is 8.78 Å². The van der Waals surface area contributed by atoms with Crippen LogP contribution in [0.2, 0.25) is 0 Å². The molecule has 0 fully saturated rings. The molecule has 3 nitrogen and oxygen atoms in total. The molecule has 0 aliphatic carbocycles. The highest BCUT2D eigenvalue weighted by atomic mass is 32.2. The van der Waals surface area contributed by atoms with E-state index in [1.807, 2.05) is 0 Å². The second-order valence-corrected chi connectivity index (χ2v) is 4.04. The first-order valence-electron chi connectivity index (χ1n) is 4.46. The molecule has 0 amide bonds. The summed E-state index contributed by atoms with van der Waals surface area (Å²) in [6.45, 7) is -0.389. The Balaban J connectivity index is 2.34. The minimum atomic E-state index is -0.703. The molecule has 0 spiro atoms. The zero-order valence-electron chi connectivity index (χ0n) is 8.08. The highest BCUT2D eigenvalue weighted by molar-refractivity contribution is 7.99. The molecule has 6 heteroatoms. The summed E-state index contributed by atoms with van der Waals surface area (Å²) in [7, 11) is 0. The minimum Gasteiger partial charge on any atom is -0.392 e. The SMILES string of the molecule is OCc1cc(F)c(Sc2ncc[nH]2)c(F)c1. The zero-order valence-corrected chi connectivity index (χ0v) is 8.89. The smallest absolute Gasteiger partial charge is 0.170 e. The maximum atomic E-state index is 13.5. The third-order valence-corrected chi connectivity index (χ3v) is 2.92. The molecule has 0 aliphatic heterocycles. The van der Waals surface area contributed by atoms with Gasteiger partial charge in [-0.3, -0.25) is 0 Å². The van der Waals surface area contributed by atoms with Crippen LogP contribution in [0.5, 0.6) is 0 Å². The molecule has 2 N–H and O–H groups in total. The average Bonchev–Trinajstić information content (AvgIpc) is 2.75. The van der Waals surface area contributed by atoms with Gasteiger partial charge in [-0.05, 0) is 29.5 Å². The summed E-state index contributed by atoms with van der Waals surface area (Å²) in [5, 5.41) is 9.19. The van der Waals surface area contributed by atoms with E-state index >= 15 is 0 Å². The average molecular weight is 242 g/mol. The van der Waals surface area contributed by atoms with E-state index in [1.165, 1.54) is 6.20 Å². The van der Waals surface area contributed by atoms with E-state index < -0.39 is 11.6 Å². The summed E-state index contributed by atoms with van der Waals surface area (Å²) in [6, 6.07) is 2.21. The Morgan fingerprint density at radius 1 is 1.31 bits per heavy atom. The van der Waals surface area contributed by atoms with Gasteiger partial charge in [0.2, 0.25) is 0 Å². The Bertz CT molecular complexity index is 465. The van der Waals surface area contributed by atoms with Crippen molar-refractivity contribution < 1.29 is 13.9 Å². The standard InChI is InChI=1S/C10H8F2N2OS/c11-7-3-6(5-15)4-8(12)9(7)16-10-13-1-2-14-10/h1-4,15H,5H2,(H,13,14). The largest absolute Gasteiger partial charge is 0.392 e. The number of imidazole rings is 1. The van der Waals surface area contributed by atoms with E-state index in [4.69, 9.17) is 5.11 Å². The van der Waals surface area contributed by atoms with Crippen LogP contribution in [0.15, 0.2) is 34.6 Å². The van der Waals surface area contributed by atoms with Gasteiger partial charge in [-0.1, -0.05) is 0 Å². The summed E-state index contributed by atoms with van der Waals surface area (Å²) in [6.07, 6.45) is 3.07. The summed E-state index contributed by atoms with van der Waals surface area (Å²) in [5.41, 5.74) is 0.207. The lowest BCUT2D eigenvalue weighted by Crippen LogP contribution is -1.93. The fourth-order valence-electron chi connectivity index (χ4n) is 1.20. The van der Waals surface area contributed by atoms with Crippen LogP contribution in [-0.2, 0) is 6.61 Å². The first-order valence-corrected chi connectivity index (χ1v) is 5.28. The van der Waals surface area contributed by atoms with Crippen molar-refractivity contribution in [3.63, 3.8) is 0 Å². The van der Waals surface area contributed by atoms with Crippen molar-refractivity contribution in [1.29, 1.82) is 0 Å². The number of hydrogen-bond acceptors (Lipinski definition) is 3. The van der Waals surface area contributed by atoms with Crippen molar-refractivity contribution in [3.8, 4) is 0 Å². The third-order valence-electron chi connectivity index (χ3n) is 1.91. The number of rotatable bonds is 3. The fourth-order valence-corrected chi connectivity index (χ4v) is 1.95. The Hall–Kier alpha value is -1.40. The van der Waals surface area contributed by atoms with Crippen LogP contribution < -0.4 is 0 Å². The van der Waals surface area contributed by atoms with Gasteiger partial charge in [0.05, 0.1) is 11.5 Å². The lowest BCUT2D eigenvalue weighted by Gasteiger charge is -2.04. The van der Waals surface area contributed by atoms with Gasteiger partial charge in [0.15, 0.2) is 5.16 Å². The molecule has 84 valence electrons. The van der Waals surface area contributed by atoms with E-state index in [2.05, 4.69) is 9.97 Å². The molecule has 1 aromatic carbocycles. The summed E-state index contributed by atoms with van der Waals surface area (Å²) in [5.74, 6) is -1.41. The molecule has 0 atom stereocenters. The number of aliphatic hydroxyl groups is 1. The second kappa shape index (κ2) is 4.63. The quantitative estimate of drug-likeness (QED) is 0.868. The van der Waals surface area contributed by atoms with E-state index in [0.29, 0.717) is 5.16 Å². The number of halogens is 2. The molecule has 1 aromatic heterocycles. The zero-order chi connectivity index (χ0) is 11.5. The van der Waals surface area contributed by atoms with Crippen LogP contribution in [0, 0.1) is 11.6 Å². The van der Waals surface area contributed by atoms with Crippen molar-refractivity contribution >= 4 is 11.8 Å². The third kappa shape index (κ3) is 2.23. The molecule has 0 unspecified atom stereocenters. The number of hydrogen-bond donors (Lipinski definition) is 2. The van der Waals surface area contributed by atoms with Crippen molar-refractivity contribution in [3.05, 3.63) is 41.7 Å². The topological polar surface area (TPSA) is 48.9 Å². The molecule has 0 saturated heterocycles. The van der Waals surface area contributed by atoms with Crippen LogP contribution in [0.3, 0.4) is 0 Å². The lowest BCUT2D eigenvalue weighted by atomic mass is 10.2. The van der Waals surface area contributed by atoms with E-state index in [1.54, 1.807) is 6.20 Å². The van der Waals surface area contributed by atoms with E-state index in [0.717, 1.165) is 23.9 Å². The molecule has 0 aliphatic rings. The fraction of sp³-hybridized carbons (Fsp3) is 0.100. The van der Waals surface area contributed by atoms with Crippen molar-refractivity contribution in [2.45, 2.75) is 16.7 Å². The predicted molar refractivity (Wildman–Crippen MR) is 55.0 cm³/mol. The van der Waals surface area contributed by atoms with Gasteiger partial charge in [-0.15, -0.1) is 0 Å². The highest BCUT2D eigenvalue weighted by Crippen LogP contribution is 2.30. The number of H-pyrrole nitrogens is 1. The second-order valence-electron chi connectivity index (χ2n) is 3.04. The van der Waals surface area contributed by atoms with Crippen LogP contribution in [0.25, 0.3) is 0 Å². The molecule has 0 radical (unpaired) electrons. The first-order chi connectivity index (χ1) is 7.70. The van der Waals surface area contributed by atoms with Gasteiger partial charge >= 0.3 is 0 Å². The van der Waals surface area contributed by atoms with Crippen molar-refractivity contribution in [2.75, 3.05) is 0 Å². The van der Waals surface area contributed by atoms with Crippen LogP contribution >= 0.6 is 11.8 Å². The molecular formula is C10H8F2N2OS. The van der Waals surface area contributed by atoms with Crippen molar-refractivity contribution in [1.82, 2.24) is 9.97 Å². The monoisotopic (exact) mass is 242 g/mol. The normalized spacial score (nSPS) is 10.7. The number of nitrogens with one attached hydrogen (secondary N) is 1. The first kappa shape index (κ1) is 11.1. The van der Waals surface area contributed by atoms with Crippen LogP contribution in [0.4, 0.5) is 8.78 Å².